The number of carbonyl (C=O) groups excluding carboxylic acids is 1. The van der Waals surface area contributed by atoms with E-state index in [4.69, 9.17) is 0 Å². The fourth-order valence-electron chi connectivity index (χ4n) is 3.36. The van der Waals surface area contributed by atoms with Gasteiger partial charge in [0.15, 0.2) is 0 Å². The summed E-state index contributed by atoms with van der Waals surface area (Å²) in [6.07, 6.45) is 7.79. The smallest absolute Gasteiger partial charge is 0.224 e. The first-order valence-electron chi connectivity index (χ1n) is 10.1. The second kappa shape index (κ2) is 10.5. The second-order valence-electron chi connectivity index (χ2n) is 7.12. The SMILES string of the molecule is O=C(CCCCCCNCCc1c[nH]c2ccc(O)cc12)Nc1ccccc1. The third kappa shape index (κ3) is 6.13. The number of aromatic amines is 1. The number of amides is 1. The van der Waals surface area contributed by atoms with Gasteiger partial charge in [-0.15, -0.1) is 0 Å². The summed E-state index contributed by atoms with van der Waals surface area (Å²) < 4.78 is 0. The lowest BCUT2D eigenvalue weighted by molar-refractivity contribution is -0.116. The summed E-state index contributed by atoms with van der Waals surface area (Å²) in [5.74, 6) is 0.396. The number of nitrogens with one attached hydrogen (secondary N) is 3. The van der Waals surface area contributed by atoms with Crippen molar-refractivity contribution in [3.05, 3.63) is 60.3 Å². The lowest BCUT2D eigenvalue weighted by Gasteiger charge is -2.06. The summed E-state index contributed by atoms with van der Waals surface area (Å²) in [5.41, 5.74) is 3.15. The number of aromatic nitrogens is 1. The number of rotatable bonds is 11. The molecule has 2 aromatic carbocycles. The highest BCUT2D eigenvalue weighted by Gasteiger charge is 2.04. The molecule has 5 nitrogen and oxygen atoms in total. The number of phenols is 1. The van der Waals surface area contributed by atoms with Gasteiger partial charge in [0, 0.05) is 29.2 Å². The molecule has 0 saturated carbocycles. The maximum absolute atomic E-state index is 11.9. The molecule has 0 aliphatic rings. The number of H-pyrrole nitrogens is 1. The summed E-state index contributed by atoms with van der Waals surface area (Å²) >= 11 is 0. The molecule has 1 amide bonds. The summed E-state index contributed by atoms with van der Waals surface area (Å²) in [7, 11) is 0. The largest absolute Gasteiger partial charge is 0.508 e. The number of unbranched alkanes of at least 4 members (excludes halogenated alkanes) is 3. The van der Waals surface area contributed by atoms with E-state index in [1.807, 2.05) is 48.7 Å². The first-order valence-corrected chi connectivity index (χ1v) is 10.1. The van der Waals surface area contributed by atoms with Crippen LogP contribution in [0.5, 0.6) is 5.75 Å². The summed E-state index contributed by atoms with van der Waals surface area (Å²) in [6.45, 7) is 1.91. The average Bonchev–Trinajstić information content (AvgIpc) is 3.09. The Hall–Kier alpha value is -2.79. The molecule has 1 heterocycles. The van der Waals surface area contributed by atoms with Crippen LogP contribution in [0, 0.1) is 0 Å². The molecule has 3 aromatic rings. The molecule has 5 heteroatoms. The number of para-hydroxylation sites is 1. The molecule has 148 valence electrons. The summed E-state index contributed by atoms with van der Waals surface area (Å²) in [5, 5.41) is 17.1. The van der Waals surface area contributed by atoms with Gasteiger partial charge >= 0.3 is 0 Å². The Labute approximate surface area is 166 Å². The monoisotopic (exact) mass is 379 g/mol. The van der Waals surface area contributed by atoms with Crippen LogP contribution < -0.4 is 10.6 Å². The molecule has 0 saturated heterocycles. The molecule has 0 fully saturated rings. The van der Waals surface area contributed by atoms with Crippen LogP contribution in [0.25, 0.3) is 10.9 Å². The van der Waals surface area contributed by atoms with Gasteiger partial charge in [-0.05, 0) is 68.2 Å². The zero-order valence-electron chi connectivity index (χ0n) is 16.2. The van der Waals surface area contributed by atoms with Crippen LogP contribution in [0.2, 0.25) is 0 Å². The highest BCUT2D eigenvalue weighted by molar-refractivity contribution is 5.90. The van der Waals surface area contributed by atoms with E-state index in [-0.39, 0.29) is 5.91 Å². The molecular formula is C23H29N3O2. The minimum absolute atomic E-state index is 0.0918. The Kier molecular flexibility index (Phi) is 7.50. The Bertz CT molecular complexity index is 874. The number of phenolic OH excluding ortho intramolecular Hbond substituents is 1. The van der Waals surface area contributed by atoms with Crippen molar-refractivity contribution < 1.29 is 9.90 Å². The zero-order chi connectivity index (χ0) is 19.6. The highest BCUT2D eigenvalue weighted by Crippen LogP contribution is 2.23. The molecule has 3 rings (SSSR count). The van der Waals surface area contributed by atoms with Crippen molar-refractivity contribution >= 4 is 22.5 Å². The number of fused-ring (bicyclic) bond motifs is 1. The van der Waals surface area contributed by atoms with Crippen molar-refractivity contribution in [2.75, 3.05) is 18.4 Å². The fourth-order valence-corrected chi connectivity index (χ4v) is 3.36. The first kappa shape index (κ1) is 20.0. The maximum atomic E-state index is 11.9. The lowest BCUT2D eigenvalue weighted by atomic mass is 10.1. The second-order valence-corrected chi connectivity index (χ2v) is 7.12. The Morgan fingerprint density at radius 3 is 2.64 bits per heavy atom. The van der Waals surface area contributed by atoms with Crippen LogP contribution in [0.4, 0.5) is 5.69 Å². The van der Waals surface area contributed by atoms with E-state index in [2.05, 4.69) is 15.6 Å². The van der Waals surface area contributed by atoms with Crippen molar-refractivity contribution in [1.29, 1.82) is 0 Å². The first-order chi connectivity index (χ1) is 13.7. The molecule has 0 aliphatic heterocycles. The Morgan fingerprint density at radius 1 is 0.964 bits per heavy atom. The van der Waals surface area contributed by atoms with E-state index in [9.17, 15) is 9.90 Å². The van der Waals surface area contributed by atoms with Crippen molar-refractivity contribution in [3.63, 3.8) is 0 Å². The van der Waals surface area contributed by atoms with Crippen LogP contribution in [0.1, 0.15) is 37.7 Å². The molecule has 4 N–H and O–H groups in total. The minimum atomic E-state index is 0.0918. The van der Waals surface area contributed by atoms with Crippen molar-refractivity contribution in [2.24, 2.45) is 0 Å². The maximum Gasteiger partial charge on any atom is 0.224 e. The topological polar surface area (TPSA) is 77.2 Å². The summed E-state index contributed by atoms with van der Waals surface area (Å²) in [6, 6.07) is 15.0. The van der Waals surface area contributed by atoms with Gasteiger partial charge in [-0.2, -0.15) is 0 Å². The van der Waals surface area contributed by atoms with Crippen LogP contribution in [0.3, 0.4) is 0 Å². The van der Waals surface area contributed by atoms with Gasteiger partial charge in [0.25, 0.3) is 0 Å². The van der Waals surface area contributed by atoms with Gasteiger partial charge in [0.05, 0.1) is 0 Å². The van der Waals surface area contributed by atoms with Gasteiger partial charge < -0.3 is 20.7 Å². The van der Waals surface area contributed by atoms with Crippen LogP contribution in [-0.4, -0.2) is 29.1 Å². The third-order valence-electron chi connectivity index (χ3n) is 4.89. The zero-order valence-corrected chi connectivity index (χ0v) is 16.2. The normalized spacial score (nSPS) is 11.0. The number of anilines is 1. The number of hydrogen-bond donors (Lipinski definition) is 4. The fraction of sp³-hybridized carbons (Fsp3) is 0.348. The minimum Gasteiger partial charge on any atom is -0.508 e. The molecule has 1 aromatic heterocycles. The van der Waals surface area contributed by atoms with Gasteiger partial charge in [-0.1, -0.05) is 31.0 Å². The Balaban J connectivity index is 1.22. The van der Waals surface area contributed by atoms with E-state index < -0.39 is 0 Å². The molecule has 0 radical (unpaired) electrons. The predicted molar refractivity (Wildman–Crippen MR) is 115 cm³/mol. The van der Waals surface area contributed by atoms with Crippen LogP contribution in [0.15, 0.2) is 54.7 Å². The highest BCUT2D eigenvalue weighted by atomic mass is 16.3. The summed E-state index contributed by atoms with van der Waals surface area (Å²) in [4.78, 5) is 15.1. The van der Waals surface area contributed by atoms with Crippen LogP contribution >= 0.6 is 0 Å². The number of aromatic hydroxyl groups is 1. The van der Waals surface area contributed by atoms with E-state index in [0.29, 0.717) is 12.2 Å². The van der Waals surface area contributed by atoms with E-state index >= 15 is 0 Å². The van der Waals surface area contributed by atoms with Crippen molar-refractivity contribution in [3.8, 4) is 5.75 Å². The predicted octanol–water partition coefficient (Wildman–Crippen LogP) is 4.59. The lowest BCUT2D eigenvalue weighted by Crippen LogP contribution is -2.18. The van der Waals surface area contributed by atoms with Gasteiger partial charge in [-0.3, -0.25) is 4.79 Å². The quantitative estimate of drug-likeness (QED) is 0.368. The molecular weight excluding hydrogens is 350 g/mol. The molecule has 0 bridgehead atoms. The molecule has 28 heavy (non-hydrogen) atoms. The number of hydrogen-bond acceptors (Lipinski definition) is 3. The Morgan fingerprint density at radius 2 is 1.79 bits per heavy atom. The average molecular weight is 380 g/mol. The van der Waals surface area contributed by atoms with E-state index in [1.54, 1.807) is 6.07 Å². The van der Waals surface area contributed by atoms with Gasteiger partial charge in [0.2, 0.25) is 5.91 Å². The number of benzene rings is 2. The molecule has 0 atom stereocenters. The molecule has 0 spiro atoms. The third-order valence-corrected chi connectivity index (χ3v) is 4.89. The van der Waals surface area contributed by atoms with E-state index in [0.717, 1.165) is 61.8 Å². The van der Waals surface area contributed by atoms with Gasteiger partial charge in [0.1, 0.15) is 5.75 Å². The van der Waals surface area contributed by atoms with E-state index in [1.165, 1.54) is 5.56 Å². The van der Waals surface area contributed by atoms with Gasteiger partial charge in [-0.25, -0.2) is 0 Å². The number of carbonyl (C=O) groups is 1. The van der Waals surface area contributed by atoms with Crippen LogP contribution in [-0.2, 0) is 11.2 Å². The molecule has 0 unspecified atom stereocenters. The molecule has 0 aliphatic carbocycles. The van der Waals surface area contributed by atoms with Crippen molar-refractivity contribution in [1.82, 2.24) is 10.3 Å². The standard InChI is InChI=1S/C23H29N3O2/c27-20-11-12-22-21(16-20)18(17-25-22)13-15-24-14-7-2-1-6-10-23(28)26-19-8-4-3-5-9-19/h3-5,8-9,11-12,16-17,24-25,27H,1-2,6-7,10,13-15H2,(H,26,28). The van der Waals surface area contributed by atoms with Crippen molar-refractivity contribution in [2.45, 2.75) is 38.5 Å².